The van der Waals surface area contributed by atoms with Crippen LogP contribution in [0.3, 0.4) is 0 Å². The summed E-state index contributed by atoms with van der Waals surface area (Å²) >= 11 is 11.6. The van der Waals surface area contributed by atoms with Gasteiger partial charge in [0.2, 0.25) is 5.28 Å². The van der Waals surface area contributed by atoms with Crippen LogP contribution in [-0.4, -0.2) is 9.97 Å². The number of hydrogen-bond acceptors (Lipinski definition) is 2. The maximum atomic E-state index is 5.88. The summed E-state index contributed by atoms with van der Waals surface area (Å²) in [5.41, 5.74) is 2.89. The molecule has 2 rings (SSSR count). The third-order valence-corrected chi connectivity index (χ3v) is 2.51. The molecule has 0 saturated heterocycles. The normalized spacial score (nSPS) is 10.3. The standard InChI is InChI=1S/C11H8Cl2N2/c1-7-6-8(12)2-3-9(7)10-4-5-14-11(13)15-10/h2-6H,1H3. The molecule has 0 spiro atoms. The van der Waals surface area contributed by atoms with Gasteiger partial charge in [-0.15, -0.1) is 0 Å². The molecular formula is C11H8Cl2N2. The van der Waals surface area contributed by atoms with Gasteiger partial charge in [-0.3, -0.25) is 0 Å². The molecule has 0 aliphatic heterocycles. The first-order chi connectivity index (χ1) is 7.16. The highest BCUT2D eigenvalue weighted by atomic mass is 35.5. The van der Waals surface area contributed by atoms with E-state index >= 15 is 0 Å². The van der Waals surface area contributed by atoms with E-state index in [1.54, 1.807) is 6.20 Å². The average Bonchev–Trinajstić information content (AvgIpc) is 2.17. The third kappa shape index (κ3) is 2.28. The van der Waals surface area contributed by atoms with Crippen LogP contribution >= 0.6 is 23.2 Å². The molecule has 0 bridgehead atoms. The smallest absolute Gasteiger partial charge is 0.222 e. The van der Waals surface area contributed by atoms with Crippen molar-refractivity contribution in [3.63, 3.8) is 0 Å². The minimum atomic E-state index is 0.252. The molecule has 0 amide bonds. The average molecular weight is 239 g/mol. The van der Waals surface area contributed by atoms with Crippen molar-refractivity contribution in [2.75, 3.05) is 0 Å². The van der Waals surface area contributed by atoms with Gasteiger partial charge < -0.3 is 0 Å². The van der Waals surface area contributed by atoms with Crippen LogP contribution in [0.2, 0.25) is 10.3 Å². The summed E-state index contributed by atoms with van der Waals surface area (Å²) < 4.78 is 0. The lowest BCUT2D eigenvalue weighted by Gasteiger charge is -2.05. The van der Waals surface area contributed by atoms with Gasteiger partial charge in [-0.2, -0.15) is 0 Å². The zero-order valence-corrected chi connectivity index (χ0v) is 9.55. The van der Waals surface area contributed by atoms with Crippen LogP contribution in [0.15, 0.2) is 30.5 Å². The van der Waals surface area contributed by atoms with E-state index in [2.05, 4.69) is 9.97 Å². The molecule has 1 heterocycles. The van der Waals surface area contributed by atoms with Gasteiger partial charge in [0.1, 0.15) is 0 Å². The molecule has 0 N–H and O–H groups in total. The lowest BCUT2D eigenvalue weighted by atomic mass is 10.1. The maximum absolute atomic E-state index is 5.88. The highest BCUT2D eigenvalue weighted by Crippen LogP contribution is 2.24. The van der Waals surface area contributed by atoms with E-state index in [0.717, 1.165) is 21.8 Å². The quantitative estimate of drug-likeness (QED) is 0.708. The number of nitrogens with zero attached hydrogens (tertiary/aromatic N) is 2. The Labute approximate surface area is 97.9 Å². The Morgan fingerprint density at radius 2 is 1.93 bits per heavy atom. The van der Waals surface area contributed by atoms with Gasteiger partial charge >= 0.3 is 0 Å². The molecule has 2 nitrogen and oxygen atoms in total. The van der Waals surface area contributed by atoms with Gasteiger partial charge in [-0.05, 0) is 42.3 Å². The number of aryl methyl sites for hydroxylation is 1. The number of halogens is 2. The molecule has 0 atom stereocenters. The summed E-state index contributed by atoms with van der Waals surface area (Å²) in [7, 11) is 0. The zero-order valence-electron chi connectivity index (χ0n) is 8.04. The summed E-state index contributed by atoms with van der Waals surface area (Å²) in [4.78, 5) is 7.99. The fourth-order valence-electron chi connectivity index (χ4n) is 1.40. The van der Waals surface area contributed by atoms with Crippen LogP contribution in [0.4, 0.5) is 0 Å². The van der Waals surface area contributed by atoms with Crippen LogP contribution in [0, 0.1) is 6.92 Å². The van der Waals surface area contributed by atoms with Gasteiger partial charge in [-0.1, -0.05) is 17.7 Å². The van der Waals surface area contributed by atoms with Gasteiger partial charge in [0.15, 0.2) is 0 Å². The predicted molar refractivity (Wildman–Crippen MR) is 62.2 cm³/mol. The Hall–Kier alpha value is -1.12. The summed E-state index contributed by atoms with van der Waals surface area (Å²) in [6.45, 7) is 1.98. The molecule has 1 aromatic carbocycles. The van der Waals surface area contributed by atoms with Crippen LogP contribution in [0.5, 0.6) is 0 Å². The Morgan fingerprint density at radius 3 is 2.60 bits per heavy atom. The third-order valence-electron chi connectivity index (χ3n) is 2.09. The van der Waals surface area contributed by atoms with Crippen molar-refractivity contribution in [1.29, 1.82) is 0 Å². The van der Waals surface area contributed by atoms with Gasteiger partial charge in [-0.25, -0.2) is 9.97 Å². The largest absolute Gasteiger partial charge is 0.226 e. The summed E-state index contributed by atoms with van der Waals surface area (Å²) in [6.07, 6.45) is 1.64. The SMILES string of the molecule is Cc1cc(Cl)ccc1-c1ccnc(Cl)n1. The molecule has 0 radical (unpaired) electrons. The molecule has 1 aromatic heterocycles. The minimum Gasteiger partial charge on any atom is -0.226 e. The van der Waals surface area contributed by atoms with Crippen LogP contribution < -0.4 is 0 Å². The van der Waals surface area contributed by atoms with E-state index in [4.69, 9.17) is 23.2 Å². The zero-order chi connectivity index (χ0) is 10.8. The lowest BCUT2D eigenvalue weighted by molar-refractivity contribution is 1.17. The molecule has 76 valence electrons. The van der Waals surface area contributed by atoms with E-state index in [-0.39, 0.29) is 5.28 Å². The van der Waals surface area contributed by atoms with Crippen molar-refractivity contribution >= 4 is 23.2 Å². The van der Waals surface area contributed by atoms with Crippen LogP contribution in [-0.2, 0) is 0 Å². The van der Waals surface area contributed by atoms with Crippen molar-refractivity contribution in [3.05, 3.63) is 46.3 Å². The highest BCUT2D eigenvalue weighted by molar-refractivity contribution is 6.30. The second-order valence-corrected chi connectivity index (χ2v) is 3.94. The fraction of sp³-hybridized carbons (Fsp3) is 0.0909. The van der Waals surface area contributed by atoms with E-state index in [1.807, 2.05) is 31.2 Å². The predicted octanol–water partition coefficient (Wildman–Crippen LogP) is 3.76. The summed E-state index contributed by atoms with van der Waals surface area (Å²) in [5.74, 6) is 0. The van der Waals surface area contributed by atoms with Gasteiger partial charge in [0.25, 0.3) is 0 Å². The molecule has 0 aliphatic rings. The summed E-state index contributed by atoms with van der Waals surface area (Å²) in [6, 6.07) is 7.48. The molecule has 4 heteroatoms. The Morgan fingerprint density at radius 1 is 1.13 bits per heavy atom. The van der Waals surface area contributed by atoms with Crippen LogP contribution in [0.25, 0.3) is 11.3 Å². The molecule has 0 aliphatic carbocycles. The van der Waals surface area contributed by atoms with E-state index in [9.17, 15) is 0 Å². The number of hydrogen-bond donors (Lipinski definition) is 0. The molecule has 0 unspecified atom stereocenters. The second kappa shape index (κ2) is 4.17. The molecule has 2 aromatic rings. The molecular weight excluding hydrogens is 231 g/mol. The minimum absolute atomic E-state index is 0.252. The van der Waals surface area contributed by atoms with Crippen molar-refractivity contribution in [1.82, 2.24) is 9.97 Å². The van der Waals surface area contributed by atoms with Gasteiger partial charge in [0.05, 0.1) is 5.69 Å². The first-order valence-electron chi connectivity index (χ1n) is 4.42. The van der Waals surface area contributed by atoms with Crippen molar-refractivity contribution in [2.24, 2.45) is 0 Å². The molecule has 0 saturated carbocycles. The van der Waals surface area contributed by atoms with Crippen molar-refractivity contribution < 1.29 is 0 Å². The molecule has 15 heavy (non-hydrogen) atoms. The lowest BCUT2D eigenvalue weighted by Crippen LogP contribution is -1.89. The Balaban J connectivity index is 2.54. The maximum Gasteiger partial charge on any atom is 0.222 e. The number of rotatable bonds is 1. The van der Waals surface area contributed by atoms with Crippen LogP contribution in [0.1, 0.15) is 5.56 Å². The van der Waals surface area contributed by atoms with Crippen molar-refractivity contribution in [2.45, 2.75) is 6.92 Å². The van der Waals surface area contributed by atoms with Gasteiger partial charge in [0, 0.05) is 16.8 Å². The Kier molecular flexibility index (Phi) is 2.89. The molecule has 0 fully saturated rings. The highest BCUT2D eigenvalue weighted by Gasteiger charge is 2.04. The fourth-order valence-corrected chi connectivity index (χ4v) is 1.77. The van der Waals surface area contributed by atoms with E-state index in [0.29, 0.717) is 0 Å². The number of aromatic nitrogens is 2. The van der Waals surface area contributed by atoms with E-state index in [1.165, 1.54) is 0 Å². The number of benzene rings is 1. The second-order valence-electron chi connectivity index (χ2n) is 3.17. The Bertz CT molecular complexity index is 498. The first-order valence-corrected chi connectivity index (χ1v) is 5.17. The van der Waals surface area contributed by atoms with Crippen molar-refractivity contribution in [3.8, 4) is 11.3 Å². The monoisotopic (exact) mass is 238 g/mol. The topological polar surface area (TPSA) is 25.8 Å². The van der Waals surface area contributed by atoms with E-state index < -0.39 is 0 Å². The summed E-state index contributed by atoms with van der Waals surface area (Å²) in [5, 5.41) is 0.971. The first kappa shape index (κ1) is 10.4.